The summed E-state index contributed by atoms with van der Waals surface area (Å²) in [4.78, 5) is 23.9. The second-order valence-corrected chi connectivity index (χ2v) is 10.9. The lowest BCUT2D eigenvalue weighted by molar-refractivity contribution is -0.119. The number of piperidine rings is 1. The van der Waals surface area contributed by atoms with Crippen LogP contribution in [-0.2, 0) is 21.5 Å². The number of fused-ring (bicyclic) bond motifs is 1. The lowest BCUT2D eigenvalue weighted by Gasteiger charge is -2.32. The van der Waals surface area contributed by atoms with E-state index in [9.17, 15) is 4.79 Å². The summed E-state index contributed by atoms with van der Waals surface area (Å²) in [6.45, 7) is 8.38. The van der Waals surface area contributed by atoms with Crippen molar-refractivity contribution >= 4 is 40.6 Å². The van der Waals surface area contributed by atoms with Gasteiger partial charge in [-0.3, -0.25) is 4.79 Å². The average Bonchev–Trinajstić information content (AvgIpc) is 3.16. The molecule has 3 aromatic rings. The van der Waals surface area contributed by atoms with Gasteiger partial charge in [0.25, 0.3) is 0 Å². The molecule has 8 nitrogen and oxygen atoms in total. The van der Waals surface area contributed by atoms with Crippen molar-refractivity contribution in [2.24, 2.45) is 0 Å². The highest BCUT2D eigenvalue weighted by Gasteiger charge is 2.39. The summed E-state index contributed by atoms with van der Waals surface area (Å²) in [5.74, 6) is 1.59. The normalized spacial score (nSPS) is 17.2. The van der Waals surface area contributed by atoms with Gasteiger partial charge >= 0.3 is 0 Å². The molecule has 0 saturated carbocycles. The van der Waals surface area contributed by atoms with Crippen LogP contribution in [-0.4, -0.2) is 54.1 Å². The molecule has 1 aromatic heterocycles. The van der Waals surface area contributed by atoms with Crippen LogP contribution in [0.4, 0.5) is 23.1 Å². The Hall–Kier alpha value is -3.20. The van der Waals surface area contributed by atoms with Gasteiger partial charge in [0, 0.05) is 31.6 Å². The van der Waals surface area contributed by atoms with E-state index < -0.39 is 5.41 Å². The van der Waals surface area contributed by atoms with Gasteiger partial charge in [0.1, 0.15) is 5.02 Å². The van der Waals surface area contributed by atoms with Crippen LogP contribution < -0.4 is 16.0 Å². The lowest BCUT2D eigenvalue weighted by Crippen LogP contribution is -2.35. The molecule has 1 fully saturated rings. The van der Waals surface area contributed by atoms with Crippen molar-refractivity contribution in [3.05, 3.63) is 70.4 Å². The van der Waals surface area contributed by atoms with Crippen LogP contribution >= 0.6 is 11.6 Å². The second kappa shape index (κ2) is 11.3. The number of amides is 1. The molecule has 0 spiro atoms. The predicted octanol–water partition coefficient (Wildman–Crippen LogP) is 5.54. The molecule has 1 amide bonds. The summed E-state index contributed by atoms with van der Waals surface area (Å²) in [7, 11) is 1.76. The molecule has 2 aromatic carbocycles. The van der Waals surface area contributed by atoms with Crippen LogP contribution in [0, 0.1) is 0 Å². The van der Waals surface area contributed by atoms with Crippen LogP contribution in [0.2, 0.25) is 5.02 Å². The van der Waals surface area contributed by atoms with E-state index in [1.165, 1.54) is 5.56 Å². The summed E-state index contributed by atoms with van der Waals surface area (Å²) in [6.07, 6.45) is 3.92. The van der Waals surface area contributed by atoms with Crippen molar-refractivity contribution in [2.75, 3.05) is 49.3 Å². The van der Waals surface area contributed by atoms with Gasteiger partial charge in [0.15, 0.2) is 5.82 Å². The van der Waals surface area contributed by atoms with Crippen molar-refractivity contribution in [1.82, 2.24) is 14.9 Å². The van der Waals surface area contributed by atoms with Gasteiger partial charge in [-0.25, -0.2) is 4.98 Å². The number of methoxy groups -OCH3 is 1. The van der Waals surface area contributed by atoms with Crippen LogP contribution in [0.25, 0.3) is 0 Å². The number of anilines is 4. The van der Waals surface area contributed by atoms with E-state index in [1.54, 1.807) is 13.3 Å². The van der Waals surface area contributed by atoms with Crippen LogP contribution in [0.3, 0.4) is 0 Å². The number of aromatic nitrogens is 2. The molecule has 0 unspecified atom stereocenters. The summed E-state index contributed by atoms with van der Waals surface area (Å²) in [5, 5.41) is 10.0. The molecule has 0 aliphatic carbocycles. The molecule has 2 aliphatic rings. The highest BCUT2D eigenvalue weighted by Crippen LogP contribution is 2.40. The fourth-order valence-electron chi connectivity index (χ4n) is 5.39. The van der Waals surface area contributed by atoms with Gasteiger partial charge in [-0.05, 0) is 80.6 Å². The Balaban J connectivity index is 1.22. The molecule has 0 radical (unpaired) electrons. The Labute approximate surface area is 229 Å². The van der Waals surface area contributed by atoms with E-state index in [2.05, 4.69) is 55.1 Å². The molecule has 200 valence electrons. The Morgan fingerprint density at radius 3 is 2.66 bits per heavy atom. The number of rotatable bonds is 9. The number of nitrogens with zero attached hydrogens (tertiary/aromatic N) is 3. The molecule has 9 heteroatoms. The van der Waals surface area contributed by atoms with E-state index in [0.717, 1.165) is 61.6 Å². The van der Waals surface area contributed by atoms with Crippen LogP contribution in [0.5, 0.6) is 0 Å². The number of carbonyl (C=O) groups excluding carboxylic acids is 1. The largest absolute Gasteiger partial charge is 0.383 e. The van der Waals surface area contributed by atoms with Crippen molar-refractivity contribution in [2.45, 2.75) is 44.6 Å². The zero-order valence-corrected chi connectivity index (χ0v) is 22.9. The lowest BCUT2D eigenvalue weighted by atomic mass is 9.83. The van der Waals surface area contributed by atoms with E-state index in [-0.39, 0.29) is 5.91 Å². The maximum Gasteiger partial charge on any atom is 0.234 e. The van der Waals surface area contributed by atoms with Crippen molar-refractivity contribution in [1.29, 1.82) is 0 Å². The van der Waals surface area contributed by atoms with E-state index in [1.807, 2.05) is 32.0 Å². The minimum atomic E-state index is -0.594. The maximum atomic E-state index is 12.4. The number of likely N-dealkylation sites (tertiary alicyclic amines) is 1. The Morgan fingerprint density at radius 2 is 1.92 bits per heavy atom. The third-order valence-electron chi connectivity index (χ3n) is 7.62. The molecule has 38 heavy (non-hydrogen) atoms. The first-order valence-electron chi connectivity index (χ1n) is 13.1. The average molecular weight is 535 g/mol. The minimum Gasteiger partial charge on any atom is -0.383 e. The highest BCUT2D eigenvalue weighted by molar-refractivity contribution is 6.32. The molecule has 3 heterocycles. The third kappa shape index (κ3) is 5.62. The van der Waals surface area contributed by atoms with Crippen LogP contribution in [0.1, 0.15) is 49.3 Å². The molecule has 1 saturated heterocycles. The van der Waals surface area contributed by atoms with Gasteiger partial charge in [0.2, 0.25) is 11.9 Å². The Morgan fingerprint density at radius 1 is 1.16 bits per heavy atom. The van der Waals surface area contributed by atoms with E-state index in [4.69, 9.17) is 16.3 Å². The van der Waals surface area contributed by atoms with E-state index in [0.29, 0.717) is 29.3 Å². The standard InChI is InChI=1S/C29H35ClN6O2/c1-29(2)25-21(5-4-6-24(25)34-27(29)37)17-31-26-23(30)18-32-28(35-26)33-22-9-7-19(8-10-22)20-11-13-36(14-12-20)15-16-38-3/h4-10,18,20H,11-17H2,1-3H3,(H,34,37)(H2,31,32,33,35). The van der Waals surface area contributed by atoms with Crippen LogP contribution in [0.15, 0.2) is 48.7 Å². The first kappa shape index (κ1) is 26.4. The molecular weight excluding hydrogens is 500 g/mol. The summed E-state index contributed by atoms with van der Waals surface area (Å²) < 4.78 is 5.21. The topological polar surface area (TPSA) is 91.4 Å². The fraction of sp³-hybridized carbons (Fsp3) is 0.414. The van der Waals surface area contributed by atoms with Gasteiger partial charge in [0.05, 0.1) is 18.2 Å². The number of hydrogen-bond donors (Lipinski definition) is 3. The van der Waals surface area contributed by atoms with Crippen molar-refractivity contribution < 1.29 is 9.53 Å². The molecule has 0 atom stereocenters. The predicted molar refractivity (Wildman–Crippen MR) is 152 cm³/mol. The van der Waals surface area contributed by atoms with Crippen molar-refractivity contribution in [3.63, 3.8) is 0 Å². The zero-order chi connectivity index (χ0) is 26.7. The van der Waals surface area contributed by atoms with Gasteiger partial charge in [-0.15, -0.1) is 0 Å². The first-order valence-corrected chi connectivity index (χ1v) is 13.5. The summed E-state index contributed by atoms with van der Waals surface area (Å²) >= 11 is 6.41. The SMILES string of the molecule is COCCN1CCC(c2ccc(Nc3ncc(Cl)c(NCc4cccc5c4C(C)(C)C(=O)N5)n3)cc2)CC1. The minimum absolute atomic E-state index is 0.00468. The number of hydrogen-bond acceptors (Lipinski definition) is 7. The number of ether oxygens (including phenoxy) is 1. The number of nitrogens with one attached hydrogen (secondary N) is 3. The fourth-order valence-corrected chi connectivity index (χ4v) is 5.55. The molecular formula is C29H35ClN6O2. The van der Waals surface area contributed by atoms with Gasteiger partial charge in [-0.1, -0.05) is 35.9 Å². The first-order chi connectivity index (χ1) is 18.3. The molecule has 0 bridgehead atoms. The molecule has 3 N–H and O–H groups in total. The summed E-state index contributed by atoms with van der Waals surface area (Å²) in [5.41, 5.74) is 4.58. The maximum absolute atomic E-state index is 12.4. The monoisotopic (exact) mass is 534 g/mol. The smallest absolute Gasteiger partial charge is 0.234 e. The summed E-state index contributed by atoms with van der Waals surface area (Å²) in [6, 6.07) is 14.4. The Kier molecular flexibility index (Phi) is 7.83. The number of halogens is 1. The number of benzene rings is 2. The Bertz CT molecular complexity index is 1290. The molecule has 2 aliphatic heterocycles. The zero-order valence-electron chi connectivity index (χ0n) is 22.2. The number of carbonyl (C=O) groups is 1. The molecule has 5 rings (SSSR count). The van der Waals surface area contributed by atoms with Crippen molar-refractivity contribution in [3.8, 4) is 0 Å². The highest BCUT2D eigenvalue weighted by atomic mass is 35.5. The second-order valence-electron chi connectivity index (χ2n) is 10.5. The van der Waals surface area contributed by atoms with Gasteiger partial charge < -0.3 is 25.6 Å². The quantitative estimate of drug-likeness (QED) is 0.332. The third-order valence-corrected chi connectivity index (χ3v) is 7.90. The van der Waals surface area contributed by atoms with Gasteiger partial charge in [-0.2, -0.15) is 4.98 Å². The van der Waals surface area contributed by atoms with E-state index >= 15 is 0 Å².